The lowest BCUT2D eigenvalue weighted by molar-refractivity contribution is 0.196. The summed E-state index contributed by atoms with van der Waals surface area (Å²) in [6.45, 7) is 6.98. The summed E-state index contributed by atoms with van der Waals surface area (Å²) in [7, 11) is -5.64. The van der Waals surface area contributed by atoms with E-state index in [4.69, 9.17) is 18.1 Å². The van der Waals surface area contributed by atoms with Crippen molar-refractivity contribution >= 4 is 15.2 Å². The third kappa shape index (κ3) is 10.1. The summed E-state index contributed by atoms with van der Waals surface area (Å²) in [5, 5.41) is 0. The molecule has 0 aliphatic carbocycles. The van der Waals surface area contributed by atoms with Crippen molar-refractivity contribution < 1.29 is 27.2 Å². The van der Waals surface area contributed by atoms with E-state index in [9.17, 15) is 9.13 Å². The third-order valence-electron chi connectivity index (χ3n) is 2.98. The minimum atomic E-state index is -3.48. The van der Waals surface area contributed by atoms with E-state index in [0.29, 0.717) is 19.8 Å². The summed E-state index contributed by atoms with van der Waals surface area (Å²) in [4.78, 5) is 0. The standard InChI is InChI=1S/C14H32O6P2/c1-5-8-11-18-21(15,17-4)14-22(16,19-12-9-6-2)20-13-10-7-3/h5-14H2,1-4H3. The maximum Gasteiger partial charge on any atom is 0.342 e. The molecule has 0 aromatic rings. The van der Waals surface area contributed by atoms with Gasteiger partial charge in [-0.2, -0.15) is 0 Å². The second kappa shape index (κ2) is 12.7. The highest BCUT2D eigenvalue weighted by Gasteiger charge is 2.38. The van der Waals surface area contributed by atoms with Crippen LogP contribution in [0.3, 0.4) is 0 Å². The molecule has 6 nitrogen and oxygen atoms in total. The summed E-state index contributed by atoms with van der Waals surface area (Å²) >= 11 is 0. The van der Waals surface area contributed by atoms with Crippen LogP contribution < -0.4 is 0 Å². The van der Waals surface area contributed by atoms with Gasteiger partial charge in [-0.25, -0.2) is 0 Å². The van der Waals surface area contributed by atoms with Crippen LogP contribution in [0.1, 0.15) is 59.3 Å². The minimum Gasteiger partial charge on any atom is -0.311 e. The summed E-state index contributed by atoms with van der Waals surface area (Å²) in [5.74, 6) is -0.326. The molecule has 1 unspecified atom stereocenters. The Labute approximate surface area is 135 Å². The van der Waals surface area contributed by atoms with Crippen LogP contribution in [0.4, 0.5) is 0 Å². The van der Waals surface area contributed by atoms with Gasteiger partial charge in [-0.15, -0.1) is 0 Å². The first-order valence-electron chi connectivity index (χ1n) is 8.12. The van der Waals surface area contributed by atoms with Gasteiger partial charge in [0.25, 0.3) is 0 Å². The van der Waals surface area contributed by atoms with Gasteiger partial charge in [0.05, 0.1) is 19.8 Å². The molecule has 1 atom stereocenters. The topological polar surface area (TPSA) is 71.1 Å². The zero-order valence-electron chi connectivity index (χ0n) is 14.4. The fourth-order valence-corrected chi connectivity index (χ4v) is 6.07. The zero-order valence-corrected chi connectivity index (χ0v) is 16.2. The lowest BCUT2D eigenvalue weighted by Crippen LogP contribution is -2.06. The van der Waals surface area contributed by atoms with Gasteiger partial charge in [0.2, 0.25) is 0 Å². The molecular formula is C14H32O6P2. The summed E-state index contributed by atoms with van der Waals surface area (Å²) < 4.78 is 46.5. The van der Waals surface area contributed by atoms with E-state index < -0.39 is 15.2 Å². The Bertz CT molecular complexity index is 347. The van der Waals surface area contributed by atoms with E-state index >= 15 is 0 Å². The van der Waals surface area contributed by atoms with Gasteiger partial charge >= 0.3 is 15.2 Å². The molecule has 134 valence electrons. The van der Waals surface area contributed by atoms with Crippen molar-refractivity contribution in [3.63, 3.8) is 0 Å². The maximum absolute atomic E-state index is 12.8. The van der Waals surface area contributed by atoms with Crippen LogP contribution >= 0.6 is 15.2 Å². The van der Waals surface area contributed by atoms with Gasteiger partial charge < -0.3 is 18.1 Å². The number of hydrogen-bond acceptors (Lipinski definition) is 6. The normalized spacial score (nSPS) is 14.9. The molecule has 0 spiro atoms. The Kier molecular flexibility index (Phi) is 12.9. The molecule has 0 amide bonds. The monoisotopic (exact) mass is 358 g/mol. The lowest BCUT2D eigenvalue weighted by atomic mass is 10.4. The summed E-state index contributed by atoms with van der Waals surface area (Å²) in [6.07, 6.45) is 5.07. The molecular weight excluding hydrogens is 326 g/mol. The van der Waals surface area contributed by atoms with E-state index in [-0.39, 0.29) is 5.90 Å². The highest BCUT2D eigenvalue weighted by Crippen LogP contribution is 2.63. The van der Waals surface area contributed by atoms with Crippen LogP contribution in [0.25, 0.3) is 0 Å². The lowest BCUT2D eigenvalue weighted by Gasteiger charge is -2.23. The van der Waals surface area contributed by atoms with Crippen molar-refractivity contribution in [2.45, 2.75) is 59.3 Å². The Morgan fingerprint density at radius 2 is 1.05 bits per heavy atom. The van der Waals surface area contributed by atoms with E-state index in [2.05, 4.69) is 0 Å². The van der Waals surface area contributed by atoms with E-state index in [0.717, 1.165) is 38.5 Å². The highest BCUT2D eigenvalue weighted by atomic mass is 31.2. The molecule has 8 heteroatoms. The average Bonchev–Trinajstić information content (AvgIpc) is 2.48. The van der Waals surface area contributed by atoms with Crippen molar-refractivity contribution in [2.24, 2.45) is 0 Å². The molecule has 0 heterocycles. The second-order valence-electron chi connectivity index (χ2n) is 5.11. The van der Waals surface area contributed by atoms with Crippen molar-refractivity contribution in [3.8, 4) is 0 Å². The predicted octanol–water partition coefficient (Wildman–Crippen LogP) is 5.43. The molecule has 0 bridgehead atoms. The average molecular weight is 358 g/mol. The smallest absolute Gasteiger partial charge is 0.311 e. The molecule has 0 rings (SSSR count). The van der Waals surface area contributed by atoms with E-state index in [1.165, 1.54) is 7.11 Å². The molecule has 0 aliphatic rings. The largest absolute Gasteiger partial charge is 0.342 e. The van der Waals surface area contributed by atoms with Crippen LogP contribution in [-0.2, 0) is 27.2 Å². The van der Waals surface area contributed by atoms with Gasteiger partial charge in [-0.05, 0) is 19.3 Å². The Morgan fingerprint density at radius 1 is 0.682 bits per heavy atom. The molecule has 0 aromatic carbocycles. The molecule has 0 radical (unpaired) electrons. The van der Waals surface area contributed by atoms with Crippen molar-refractivity contribution in [2.75, 3.05) is 32.8 Å². The molecule has 0 aliphatic heterocycles. The van der Waals surface area contributed by atoms with Crippen LogP contribution in [0.15, 0.2) is 0 Å². The zero-order chi connectivity index (χ0) is 16.9. The first-order valence-corrected chi connectivity index (χ1v) is 11.6. The van der Waals surface area contributed by atoms with Crippen molar-refractivity contribution in [3.05, 3.63) is 0 Å². The quantitative estimate of drug-likeness (QED) is 0.287. The van der Waals surface area contributed by atoms with Gasteiger partial charge in [-0.1, -0.05) is 40.0 Å². The Balaban J connectivity index is 4.74. The second-order valence-corrected chi connectivity index (χ2v) is 9.82. The Hall–Kier alpha value is 0.300. The fraction of sp³-hybridized carbons (Fsp3) is 1.00. The van der Waals surface area contributed by atoms with Gasteiger partial charge in [0, 0.05) is 7.11 Å². The first-order chi connectivity index (χ1) is 10.4. The van der Waals surface area contributed by atoms with Crippen molar-refractivity contribution in [1.82, 2.24) is 0 Å². The number of unbranched alkanes of at least 4 members (excludes halogenated alkanes) is 3. The van der Waals surface area contributed by atoms with Gasteiger partial charge in [0.15, 0.2) is 5.90 Å². The molecule has 0 N–H and O–H groups in total. The van der Waals surface area contributed by atoms with Gasteiger partial charge in [0.1, 0.15) is 0 Å². The minimum absolute atomic E-state index is 0.311. The number of hydrogen-bond donors (Lipinski definition) is 0. The third-order valence-corrected chi connectivity index (χ3v) is 8.04. The molecule has 0 saturated carbocycles. The summed E-state index contributed by atoms with van der Waals surface area (Å²) in [6, 6.07) is 0. The van der Waals surface area contributed by atoms with E-state index in [1.54, 1.807) is 0 Å². The van der Waals surface area contributed by atoms with Crippen LogP contribution in [0.2, 0.25) is 0 Å². The summed E-state index contributed by atoms with van der Waals surface area (Å²) in [5.41, 5.74) is 0. The molecule has 0 fully saturated rings. The van der Waals surface area contributed by atoms with Gasteiger partial charge in [-0.3, -0.25) is 9.13 Å². The SMILES string of the molecule is CCCCOP(=O)(CP(=O)(OCCCC)OCCCC)OC. The molecule has 22 heavy (non-hydrogen) atoms. The van der Waals surface area contributed by atoms with Crippen molar-refractivity contribution in [1.29, 1.82) is 0 Å². The maximum atomic E-state index is 12.8. The van der Waals surface area contributed by atoms with Crippen LogP contribution in [0, 0.1) is 0 Å². The predicted molar refractivity (Wildman–Crippen MR) is 89.7 cm³/mol. The highest BCUT2D eigenvalue weighted by molar-refractivity contribution is 7.71. The molecule has 0 aromatic heterocycles. The first kappa shape index (κ1) is 22.3. The van der Waals surface area contributed by atoms with Crippen LogP contribution in [0.5, 0.6) is 0 Å². The fourth-order valence-electron chi connectivity index (χ4n) is 1.53. The van der Waals surface area contributed by atoms with E-state index in [1.807, 2.05) is 20.8 Å². The Morgan fingerprint density at radius 3 is 1.36 bits per heavy atom. The van der Waals surface area contributed by atoms with Crippen LogP contribution in [-0.4, -0.2) is 32.8 Å². The number of rotatable bonds is 15. The molecule has 0 saturated heterocycles.